The van der Waals surface area contributed by atoms with Gasteiger partial charge < -0.3 is 5.32 Å². The quantitative estimate of drug-likeness (QED) is 0.718. The Kier molecular flexibility index (Phi) is 3.84. The molecule has 1 saturated carbocycles. The number of aliphatic imine (C=N–C) groups is 1. The SMILES string of the molecule is C1CCC(CNC2=NCCCC2)CC1. The molecule has 0 aromatic heterocycles. The summed E-state index contributed by atoms with van der Waals surface area (Å²) in [7, 11) is 0. The van der Waals surface area contributed by atoms with Crippen molar-refractivity contribution >= 4 is 5.84 Å². The minimum Gasteiger partial charge on any atom is -0.374 e. The standard InChI is InChI=1S/C12H22N2/c1-2-6-11(7-3-1)10-14-12-8-4-5-9-13-12/h11H,1-10H2,(H,13,14). The Balaban J connectivity index is 1.67. The normalized spacial score (nSPS) is 24.4. The highest BCUT2D eigenvalue weighted by Crippen LogP contribution is 2.22. The average molecular weight is 194 g/mol. The van der Waals surface area contributed by atoms with Crippen LogP contribution in [0.15, 0.2) is 4.99 Å². The molecule has 0 amide bonds. The van der Waals surface area contributed by atoms with Crippen LogP contribution in [0.4, 0.5) is 0 Å². The molecule has 14 heavy (non-hydrogen) atoms. The summed E-state index contributed by atoms with van der Waals surface area (Å²) in [4.78, 5) is 4.52. The summed E-state index contributed by atoms with van der Waals surface area (Å²) in [5.74, 6) is 2.20. The van der Waals surface area contributed by atoms with Crippen LogP contribution in [0.2, 0.25) is 0 Å². The van der Waals surface area contributed by atoms with Crippen molar-refractivity contribution in [1.29, 1.82) is 0 Å². The van der Waals surface area contributed by atoms with E-state index in [1.165, 1.54) is 63.7 Å². The third-order valence-electron chi connectivity index (χ3n) is 3.44. The number of amidine groups is 1. The predicted molar refractivity (Wildman–Crippen MR) is 60.7 cm³/mol. The van der Waals surface area contributed by atoms with Crippen LogP contribution in [0.1, 0.15) is 51.4 Å². The molecular formula is C12H22N2. The molecule has 80 valence electrons. The molecule has 0 radical (unpaired) electrons. The number of hydrogen-bond donors (Lipinski definition) is 1. The van der Waals surface area contributed by atoms with E-state index < -0.39 is 0 Å². The Morgan fingerprint density at radius 1 is 1.07 bits per heavy atom. The van der Waals surface area contributed by atoms with Crippen molar-refractivity contribution in [2.45, 2.75) is 51.4 Å². The van der Waals surface area contributed by atoms with Crippen LogP contribution in [0.3, 0.4) is 0 Å². The van der Waals surface area contributed by atoms with Crippen molar-refractivity contribution in [3.05, 3.63) is 0 Å². The second-order valence-electron chi connectivity index (χ2n) is 4.67. The zero-order chi connectivity index (χ0) is 9.64. The van der Waals surface area contributed by atoms with Gasteiger partial charge in [0.05, 0.1) is 5.84 Å². The van der Waals surface area contributed by atoms with Gasteiger partial charge in [0.2, 0.25) is 0 Å². The van der Waals surface area contributed by atoms with E-state index in [0.717, 1.165) is 12.5 Å². The Hall–Kier alpha value is -0.530. The molecule has 1 heterocycles. The number of rotatable bonds is 2. The van der Waals surface area contributed by atoms with Crippen LogP contribution in [0.25, 0.3) is 0 Å². The van der Waals surface area contributed by atoms with Crippen molar-refractivity contribution < 1.29 is 0 Å². The van der Waals surface area contributed by atoms with Crippen LogP contribution in [0.5, 0.6) is 0 Å². The molecule has 0 aromatic rings. The molecule has 2 heteroatoms. The van der Waals surface area contributed by atoms with Gasteiger partial charge >= 0.3 is 0 Å². The number of nitrogens with zero attached hydrogens (tertiary/aromatic N) is 1. The van der Waals surface area contributed by atoms with Crippen molar-refractivity contribution in [1.82, 2.24) is 5.32 Å². The first-order valence-electron chi connectivity index (χ1n) is 6.22. The fourth-order valence-electron chi connectivity index (χ4n) is 2.50. The van der Waals surface area contributed by atoms with E-state index in [2.05, 4.69) is 10.3 Å². The lowest BCUT2D eigenvalue weighted by Crippen LogP contribution is -2.31. The Bertz CT molecular complexity index is 192. The molecule has 2 rings (SSSR count). The minimum absolute atomic E-state index is 0.924. The summed E-state index contributed by atoms with van der Waals surface area (Å²) in [6.07, 6.45) is 11.0. The van der Waals surface area contributed by atoms with Crippen LogP contribution in [0, 0.1) is 5.92 Å². The van der Waals surface area contributed by atoms with E-state index in [-0.39, 0.29) is 0 Å². The third kappa shape index (κ3) is 3.00. The molecule has 1 aliphatic carbocycles. The Labute approximate surface area is 87.2 Å². The lowest BCUT2D eigenvalue weighted by atomic mass is 9.89. The van der Waals surface area contributed by atoms with Crippen LogP contribution in [-0.4, -0.2) is 18.9 Å². The number of nitrogens with one attached hydrogen (secondary N) is 1. The van der Waals surface area contributed by atoms with Gasteiger partial charge in [0.25, 0.3) is 0 Å². The van der Waals surface area contributed by atoms with Crippen LogP contribution >= 0.6 is 0 Å². The van der Waals surface area contributed by atoms with E-state index in [4.69, 9.17) is 0 Å². The zero-order valence-electron chi connectivity index (χ0n) is 9.10. The molecule has 0 aromatic carbocycles. The minimum atomic E-state index is 0.924. The molecule has 2 nitrogen and oxygen atoms in total. The van der Waals surface area contributed by atoms with E-state index in [1.807, 2.05) is 0 Å². The molecule has 2 aliphatic rings. The first kappa shape index (κ1) is 10.0. The summed E-state index contributed by atoms with van der Waals surface area (Å²) in [6.45, 7) is 2.23. The summed E-state index contributed by atoms with van der Waals surface area (Å²) < 4.78 is 0. The fourth-order valence-corrected chi connectivity index (χ4v) is 2.50. The molecule has 1 N–H and O–H groups in total. The summed E-state index contributed by atoms with van der Waals surface area (Å²) in [5.41, 5.74) is 0. The van der Waals surface area contributed by atoms with E-state index in [9.17, 15) is 0 Å². The Morgan fingerprint density at radius 3 is 2.64 bits per heavy atom. The van der Waals surface area contributed by atoms with Crippen molar-refractivity contribution in [3.8, 4) is 0 Å². The van der Waals surface area contributed by atoms with Gasteiger partial charge in [-0.15, -0.1) is 0 Å². The molecule has 0 spiro atoms. The molecule has 0 saturated heterocycles. The smallest absolute Gasteiger partial charge is 0.0963 e. The van der Waals surface area contributed by atoms with Crippen molar-refractivity contribution in [2.75, 3.05) is 13.1 Å². The predicted octanol–water partition coefficient (Wildman–Crippen LogP) is 2.74. The van der Waals surface area contributed by atoms with E-state index in [0.29, 0.717) is 0 Å². The van der Waals surface area contributed by atoms with E-state index in [1.54, 1.807) is 0 Å². The number of hydrogen-bond acceptors (Lipinski definition) is 2. The van der Waals surface area contributed by atoms with Crippen LogP contribution in [-0.2, 0) is 0 Å². The lowest BCUT2D eigenvalue weighted by molar-refractivity contribution is 0.356. The van der Waals surface area contributed by atoms with Gasteiger partial charge in [-0.3, -0.25) is 4.99 Å². The molecule has 0 bridgehead atoms. The van der Waals surface area contributed by atoms with Gasteiger partial charge in [-0.2, -0.15) is 0 Å². The summed E-state index contributed by atoms with van der Waals surface area (Å²) >= 11 is 0. The first-order chi connectivity index (χ1) is 6.95. The molecule has 1 aliphatic heterocycles. The monoisotopic (exact) mass is 194 g/mol. The second kappa shape index (κ2) is 5.38. The maximum Gasteiger partial charge on any atom is 0.0963 e. The highest BCUT2D eigenvalue weighted by Gasteiger charge is 2.14. The summed E-state index contributed by atoms with van der Waals surface area (Å²) in [5, 5.41) is 3.54. The lowest BCUT2D eigenvalue weighted by Gasteiger charge is -2.23. The maximum atomic E-state index is 4.52. The maximum absolute atomic E-state index is 4.52. The van der Waals surface area contributed by atoms with Gasteiger partial charge in [-0.25, -0.2) is 0 Å². The topological polar surface area (TPSA) is 24.4 Å². The van der Waals surface area contributed by atoms with Gasteiger partial charge in [0.1, 0.15) is 0 Å². The second-order valence-corrected chi connectivity index (χ2v) is 4.67. The molecule has 0 atom stereocenters. The third-order valence-corrected chi connectivity index (χ3v) is 3.44. The van der Waals surface area contributed by atoms with E-state index >= 15 is 0 Å². The average Bonchev–Trinajstić information content (AvgIpc) is 2.29. The zero-order valence-corrected chi connectivity index (χ0v) is 9.10. The van der Waals surface area contributed by atoms with Crippen LogP contribution < -0.4 is 5.32 Å². The van der Waals surface area contributed by atoms with Crippen molar-refractivity contribution in [2.24, 2.45) is 10.9 Å². The highest BCUT2D eigenvalue weighted by molar-refractivity contribution is 5.82. The molecule has 0 unspecified atom stereocenters. The Morgan fingerprint density at radius 2 is 1.93 bits per heavy atom. The first-order valence-corrected chi connectivity index (χ1v) is 6.22. The molecular weight excluding hydrogens is 172 g/mol. The van der Waals surface area contributed by atoms with Gasteiger partial charge in [-0.05, 0) is 31.6 Å². The summed E-state index contributed by atoms with van der Waals surface area (Å²) in [6, 6.07) is 0. The fraction of sp³-hybridized carbons (Fsp3) is 0.917. The highest BCUT2D eigenvalue weighted by atomic mass is 15.0. The van der Waals surface area contributed by atoms with Crippen molar-refractivity contribution in [3.63, 3.8) is 0 Å². The van der Waals surface area contributed by atoms with Gasteiger partial charge in [-0.1, -0.05) is 19.3 Å². The van der Waals surface area contributed by atoms with Gasteiger partial charge in [0, 0.05) is 19.5 Å². The largest absolute Gasteiger partial charge is 0.374 e. The molecule has 1 fully saturated rings. The van der Waals surface area contributed by atoms with Gasteiger partial charge in [0.15, 0.2) is 0 Å².